The quantitative estimate of drug-likeness (QED) is 0.521. The van der Waals surface area contributed by atoms with E-state index in [0.717, 1.165) is 30.5 Å². The van der Waals surface area contributed by atoms with E-state index in [1.54, 1.807) is 24.3 Å². The predicted octanol–water partition coefficient (Wildman–Crippen LogP) is 4.30. The number of phenols is 1. The van der Waals surface area contributed by atoms with Gasteiger partial charge in [-0.05, 0) is 56.1 Å². The van der Waals surface area contributed by atoms with E-state index in [9.17, 15) is 15.0 Å². The van der Waals surface area contributed by atoms with Gasteiger partial charge in [0.25, 0.3) is 0 Å². The average molecular weight is 416 g/mol. The van der Waals surface area contributed by atoms with Gasteiger partial charge in [-0.3, -0.25) is 9.69 Å². The lowest BCUT2D eigenvalue weighted by Gasteiger charge is -2.30. The Morgan fingerprint density at radius 3 is 2.76 bits per heavy atom. The Morgan fingerprint density at radius 2 is 2.07 bits per heavy atom. The van der Waals surface area contributed by atoms with Crippen molar-refractivity contribution in [3.63, 3.8) is 0 Å². The van der Waals surface area contributed by atoms with Crippen molar-refractivity contribution in [2.24, 2.45) is 0 Å². The van der Waals surface area contributed by atoms with Crippen molar-refractivity contribution in [1.29, 1.82) is 0 Å². The number of halogens is 1. The maximum Gasteiger partial charge on any atom is 0.189 e. The van der Waals surface area contributed by atoms with Gasteiger partial charge >= 0.3 is 0 Å². The Hall–Kier alpha value is -2.34. The molecule has 2 aromatic carbocycles. The molecule has 1 unspecified atom stereocenters. The first kappa shape index (κ1) is 21.4. The predicted molar refractivity (Wildman–Crippen MR) is 115 cm³/mol. The first-order chi connectivity index (χ1) is 14.0. The molecular formula is C23H26ClNO4. The number of nitrogens with zero attached hydrogens (tertiary/aromatic N) is 1. The van der Waals surface area contributed by atoms with Gasteiger partial charge in [0.15, 0.2) is 5.78 Å². The smallest absolute Gasteiger partial charge is 0.189 e. The van der Waals surface area contributed by atoms with Crippen molar-refractivity contribution in [3.05, 3.63) is 64.2 Å². The number of β-amino-alcohol motifs (C(OH)–C–C–N with tert-alkyl or cyclic N) is 1. The van der Waals surface area contributed by atoms with Crippen LogP contribution < -0.4 is 4.74 Å². The minimum absolute atomic E-state index is 0.110. The van der Waals surface area contributed by atoms with E-state index < -0.39 is 0 Å². The van der Waals surface area contributed by atoms with Crippen LogP contribution in [0.3, 0.4) is 0 Å². The molecular weight excluding hydrogens is 390 g/mol. The number of phenolic OH excluding ortho intramolecular Hbond substituents is 1. The number of carbonyl (C=O) groups excluding carboxylic acids is 1. The van der Waals surface area contributed by atoms with Gasteiger partial charge in [0.2, 0.25) is 0 Å². The zero-order chi connectivity index (χ0) is 20.8. The van der Waals surface area contributed by atoms with Crippen LogP contribution in [0.25, 0.3) is 6.08 Å². The Morgan fingerprint density at radius 1 is 1.31 bits per heavy atom. The Labute approximate surface area is 176 Å². The summed E-state index contributed by atoms with van der Waals surface area (Å²) in [6.07, 6.45) is 4.53. The molecule has 6 heteroatoms. The molecule has 0 amide bonds. The maximum absolute atomic E-state index is 12.7. The summed E-state index contributed by atoms with van der Waals surface area (Å²) < 4.78 is 5.67. The van der Waals surface area contributed by atoms with Crippen molar-refractivity contribution in [1.82, 2.24) is 4.90 Å². The van der Waals surface area contributed by atoms with Crippen LogP contribution in [0.15, 0.2) is 42.5 Å². The fourth-order valence-electron chi connectivity index (χ4n) is 3.48. The molecule has 1 saturated heterocycles. The van der Waals surface area contributed by atoms with Crippen molar-refractivity contribution in [3.8, 4) is 11.5 Å². The summed E-state index contributed by atoms with van der Waals surface area (Å²) in [5.74, 6) is 0.158. The third kappa shape index (κ3) is 5.82. The second-order valence-corrected chi connectivity index (χ2v) is 7.63. The molecule has 0 saturated carbocycles. The number of piperidine rings is 1. The highest BCUT2D eigenvalue weighted by Crippen LogP contribution is 2.31. The van der Waals surface area contributed by atoms with E-state index in [1.807, 2.05) is 19.1 Å². The Kier molecular flexibility index (Phi) is 7.31. The third-order valence-electron chi connectivity index (χ3n) is 4.92. The Bertz CT molecular complexity index is 879. The van der Waals surface area contributed by atoms with Gasteiger partial charge in [-0.2, -0.15) is 0 Å². The molecule has 154 valence electrons. The zero-order valence-corrected chi connectivity index (χ0v) is 17.2. The highest BCUT2D eigenvalue weighted by molar-refractivity contribution is 6.30. The molecule has 1 heterocycles. The second-order valence-electron chi connectivity index (χ2n) is 7.19. The number of hydrogen-bond acceptors (Lipinski definition) is 5. The van der Waals surface area contributed by atoms with E-state index in [0.29, 0.717) is 30.5 Å². The fraction of sp³-hybridized carbons (Fsp3) is 0.348. The molecule has 1 atom stereocenters. The molecule has 0 aliphatic carbocycles. The second kappa shape index (κ2) is 9.92. The van der Waals surface area contributed by atoms with Crippen LogP contribution in [-0.4, -0.2) is 46.7 Å². The molecule has 5 nitrogen and oxygen atoms in total. The van der Waals surface area contributed by atoms with Crippen molar-refractivity contribution >= 4 is 23.5 Å². The van der Waals surface area contributed by atoms with E-state index >= 15 is 0 Å². The summed E-state index contributed by atoms with van der Waals surface area (Å²) in [5, 5.41) is 20.9. The number of ketones is 1. The molecule has 1 fully saturated rings. The number of aromatic hydroxyl groups is 1. The van der Waals surface area contributed by atoms with Gasteiger partial charge in [0.1, 0.15) is 11.5 Å². The van der Waals surface area contributed by atoms with Gasteiger partial charge in [-0.15, -0.1) is 0 Å². The van der Waals surface area contributed by atoms with Crippen LogP contribution in [-0.2, 0) is 6.54 Å². The van der Waals surface area contributed by atoms with Crippen LogP contribution in [0.2, 0.25) is 5.02 Å². The highest BCUT2D eigenvalue weighted by Gasteiger charge is 2.21. The standard InChI is InChI=1S/C23H26ClNO4/c1-2-29-23-13-22(28)20(12-17(23)14-25-11-3-4-19(26)15-25)21(27)10-7-16-5-8-18(24)9-6-16/h5-10,12-13,19,26,28H,2-4,11,14-15H2,1H3/b10-7+. The number of likely N-dealkylation sites (tertiary alicyclic amines) is 1. The highest BCUT2D eigenvalue weighted by atomic mass is 35.5. The molecule has 1 aliphatic rings. The first-order valence-corrected chi connectivity index (χ1v) is 10.2. The molecule has 0 bridgehead atoms. The molecule has 2 N–H and O–H groups in total. The SMILES string of the molecule is CCOc1cc(O)c(C(=O)/C=C/c2ccc(Cl)cc2)cc1CN1CCCC(O)C1. The van der Waals surface area contributed by atoms with Crippen LogP contribution in [0.1, 0.15) is 41.3 Å². The van der Waals surface area contributed by atoms with Gasteiger partial charge in [0.05, 0.1) is 18.3 Å². The van der Waals surface area contributed by atoms with Crippen molar-refractivity contribution in [2.45, 2.75) is 32.4 Å². The summed E-state index contributed by atoms with van der Waals surface area (Å²) in [7, 11) is 0. The van der Waals surface area contributed by atoms with Crippen LogP contribution in [0.4, 0.5) is 0 Å². The number of rotatable bonds is 7. The molecule has 0 radical (unpaired) electrons. The van der Waals surface area contributed by atoms with Crippen LogP contribution in [0.5, 0.6) is 11.5 Å². The lowest BCUT2D eigenvalue weighted by atomic mass is 10.0. The molecule has 0 spiro atoms. The van der Waals surface area contributed by atoms with E-state index in [-0.39, 0.29) is 23.2 Å². The van der Waals surface area contributed by atoms with Crippen LogP contribution in [0, 0.1) is 0 Å². The van der Waals surface area contributed by atoms with E-state index in [2.05, 4.69) is 4.90 Å². The molecule has 1 aliphatic heterocycles. The number of benzene rings is 2. The number of aliphatic hydroxyl groups is 1. The van der Waals surface area contributed by atoms with Gasteiger partial charge in [-0.1, -0.05) is 29.8 Å². The lowest BCUT2D eigenvalue weighted by molar-refractivity contribution is 0.0662. The zero-order valence-electron chi connectivity index (χ0n) is 16.5. The maximum atomic E-state index is 12.7. The minimum atomic E-state index is -0.333. The average Bonchev–Trinajstić information content (AvgIpc) is 2.69. The summed E-state index contributed by atoms with van der Waals surface area (Å²) in [4.78, 5) is 14.8. The van der Waals surface area contributed by atoms with E-state index in [1.165, 1.54) is 12.1 Å². The summed E-state index contributed by atoms with van der Waals surface area (Å²) in [5.41, 5.74) is 1.89. The topological polar surface area (TPSA) is 70.0 Å². The van der Waals surface area contributed by atoms with Gasteiger partial charge < -0.3 is 14.9 Å². The normalized spacial score (nSPS) is 17.6. The summed E-state index contributed by atoms with van der Waals surface area (Å²) in [6, 6.07) is 10.3. The summed E-state index contributed by atoms with van der Waals surface area (Å²) >= 11 is 5.88. The number of ether oxygens (including phenoxy) is 1. The molecule has 0 aromatic heterocycles. The largest absolute Gasteiger partial charge is 0.507 e. The van der Waals surface area contributed by atoms with Crippen LogP contribution >= 0.6 is 11.6 Å². The first-order valence-electron chi connectivity index (χ1n) is 9.83. The molecule has 2 aromatic rings. The minimum Gasteiger partial charge on any atom is -0.507 e. The van der Waals surface area contributed by atoms with E-state index in [4.69, 9.17) is 16.3 Å². The third-order valence-corrected chi connectivity index (χ3v) is 5.17. The number of allylic oxidation sites excluding steroid dienone is 1. The molecule has 29 heavy (non-hydrogen) atoms. The van der Waals surface area contributed by atoms with Crippen molar-refractivity contribution < 1.29 is 19.7 Å². The Balaban J connectivity index is 1.83. The van der Waals surface area contributed by atoms with Gasteiger partial charge in [-0.25, -0.2) is 0 Å². The van der Waals surface area contributed by atoms with Gasteiger partial charge in [0, 0.05) is 29.7 Å². The lowest BCUT2D eigenvalue weighted by Crippen LogP contribution is -2.37. The number of aliphatic hydroxyl groups excluding tert-OH is 1. The number of carbonyl (C=O) groups is 1. The fourth-order valence-corrected chi connectivity index (χ4v) is 3.60. The molecule has 3 rings (SSSR count). The number of hydrogen-bond donors (Lipinski definition) is 2. The van der Waals surface area contributed by atoms with Crippen molar-refractivity contribution in [2.75, 3.05) is 19.7 Å². The monoisotopic (exact) mass is 415 g/mol. The summed E-state index contributed by atoms with van der Waals surface area (Å²) in [6.45, 7) is 4.35.